The van der Waals surface area contributed by atoms with Crippen LogP contribution in [0.5, 0.6) is 0 Å². The molecule has 0 N–H and O–H groups in total. The average Bonchev–Trinajstić information content (AvgIpc) is 2.08. The first kappa shape index (κ1) is 13.6. The summed E-state index contributed by atoms with van der Waals surface area (Å²) in [6.07, 6.45) is 6.87. The summed E-state index contributed by atoms with van der Waals surface area (Å²) in [4.78, 5) is 0. The number of unbranched alkanes of at least 4 members (excludes halogenated alkanes) is 3. The third kappa shape index (κ3) is 8.17. The lowest BCUT2D eigenvalue weighted by Gasteiger charge is -2.20. The predicted octanol–water partition coefficient (Wildman–Crippen LogP) is 3.91. The molecule has 0 fully saturated rings. The fraction of sp³-hybridized carbons (Fsp3) is 0.818. The quantitative estimate of drug-likeness (QED) is 0.365. The van der Waals surface area contributed by atoms with Crippen molar-refractivity contribution in [3.63, 3.8) is 0 Å². The highest BCUT2D eigenvalue weighted by atomic mass is 28.4. The summed E-state index contributed by atoms with van der Waals surface area (Å²) in [7, 11) is 0.169. The van der Waals surface area contributed by atoms with Crippen LogP contribution in [0.3, 0.4) is 0 Å². The maximum atomic E-state index is 5.74. The highest BCUT2D eigenvalue weighted by molar-refractivity contribution is 6.69. The first-order chi connectivity index (χ1) is 6.49. The van der Waals surface area contributed by atoms with E-state index >= 15 is 0 Å². The van der Waals surface area contributed by atoms with Gasteiger partial charge in [-0.25, -0.2) is 0 Å². The average molecular weight is 216 g/mol. The van der Waals surface area contributed by atoms with Gasteiger partial charge in [0.15, 0.2) is 0 Å². The summed E-state index contributed by atoms with van der Waals surface area (Å²) in [5.41, 5.74) is 0. The van der Waals surface area contributed by atoms with E-state index in [1.807, 2.05) is 0 Å². The van der Waals surface area contributed by atoms with Crippen molar-refractivity contribution in [3.05, 3.63) is 12.0 Å². The van der Waals surface area contributed by atoms with Crippen molar-refractivity contribution in [2.45, 2.75) is 52.2 Å². The minimum absolute atomic E-state index is 0.709. The molecule has 0 heterocycles. The van der Waals surface area contributed by atoms with Crippen LogP contribution in [0, 0.1) is 0 Å². The SMILES string of the molecule is CCCCC/C=C(/OC)O[Si](C)(C)C. The Balaban J connectivity index is 3.87. The molecule has 0 spiro atoms. The molecule has 0 saturated carbocycles. The number of ether oxygens (including phenoxy) is 1. The standard InChI is InChI=1S/C11H24O2Si/c1-6-7-8-9-10-11(12-2)13-14(3,4)5/h10H,6-9H2,1-5H3/b11-10-. The van der Waals surface area contributed by atoms with Crippen molar-refractivity contribution < 1.29 is 9.16 Å². The van der Waals surface area contributed by atoms with Crippen LogP contribution in [0.1, 0.15) is 32.6 Å². The van der Waals surface area contributed by atoms with E-state index in [0.29, 0.717) is 5.95 Å². The van der Waals surface area contributed by atoms with Gasteiger partial charge in [-0.3, -0.25) is 0 Å². The first-order valence-electron chi connectivity index (χ1n) is 5.42. The van der Waals surface area contributed by atoms with E-state index in [4.69, 9.17) is 9.16 Å². The Morgan fingerprint density at radius 2 is 1.86 bits per heavy atom. The first-order valence-corrected chi connectivity index (χ1v) is 8.83. The Labute approximate surface area is 89.4 Å². The van der Waals surface area contributed by atoms with Crippen molar-refractivity contribution in [2.75, 3.05) is 7.11 Å². The Kier molecular flexibility index (Phi) is 6.71. The fourth-order valence-corrected chi connectivity index (χ4v) is 1.85. The molecular formula is C11H24O2Si. The summed E-state index contributed by atoms with van der Waals surface area (Å²) >= 11 is 0. The number of hydrogen-bond acceptors (Lipinski definition) is 2. The third-order valence-corrected chi connectivity index (χ3v) is 2.54. The highest BCUT2D eigenvalue weighted by Crippen LogP contribution is 2.12. The molecule has 0 radical (unpaired) electrons. The van der Waals surface area contributed by atoms with Crippen LogP contribution >= 0.6 is 0 Å². The van der Waals surface area contributed by atoms with Gasteiger partial charge in [0.2, 0.25) is 8.32 Å². The van der Waals surface area contributed by atoms with Crippen LogP contribution in [0.2, 0.25) is 19.6 Å². The smallest absolute Gasteiger partial charge is 0.260 e. The molecule has 0 rings (SSSR count). The normalized spacial score (nSPS) is 12.8. The summed E-state index contributed by atoms with van der Waals surface area (Å²) in [6, 6.07) is 0. The van der Waals surface area contributed by atoms with Crippen molar-refractivity contribution in [1.82, 2.24) is 0 Å². The third-order valence-electron chi connectivity index (χ3n) is 1.73. The zero-order chi connectivity index (χ0) is 11.0. The molecule has 2 nitrogen and oxygen atoms in total. The van der Waals surface area contributed by atoms with Gasteiger partial charge < -0.3 is 9.16 Å². The van der Waals surface area contributed by atoms with Crippen molar-refractivity contribution >= 4 is 8.32 Å². The highest BCUT2D eigenvalue weighted by Gasteiger charge is 2.17. The molecule has 0 saturated heterocycles. The van der Waals surface area contributed by atoms with Crippen molar-refractivity contribution in [2.24, 2.45) is 0 Å². The molecule has 0 aromatic carbocycles. The van der Waals surface area contributed by atoms with Crippen molar-refractivity contribution in [3.8, 4) is 0 Å². The van der Waals surface area contributed by atoms with Gasteiger partial charge in [-0.1, -0.05) is 19.8 Å². The molecular weight excluding hydrogens is 192 g/mol. The summed E-state index contributed by atoms with van der Waals surface area (Å²) < 4.78 is 10.9. The molecule has 14 heavy (non-hydrogen) atoms. The van der Waals surface area contributed by atoms with Gasteiger partial charge in [-0.2, -0.15) is 0 Å². The molecule has 84 valence electrons. The van der Waals surface area contributed by atoms with Crippen LogP contribution < -0.4 is 0 Å². The molecule has 0 amide bonds. The lowest BCUT2D eigenvalue weighted by molar-refractivity contribution is 0.145. The molecule has 0 atom stereocenters. The molecule has 0 aliphatic heterocycles. The van der Waals surface area contributed by atoms with Crippen LogP contribution in [-0.4, -0.2) is 15.4 Å². The molecule has 0 aromatic rings. The second-order valence-corrected chi connectivity index (χ2v) is 8.87. The van der Waals surface area contributed by atoms with Gasteiger partial charge >= 0.3 is 0 Å². The van der Waals surface area contributed by atoms with E-state index < -0.39 is 8.32 Å². The minimum atomic E-state index is -1.50. The lowest BCUT2D eigenvalue weighted by Crippen LogP contribution is -2.25. The number of allylic oxidation sites excluding steroid dienone is 1. The van der Waals surface area contributed by atoms with Crippen LogP contribution in [0.4, 0.5) is 0 Å². The molecule has 0 unspecified atom stereocenters. The maximum Gasteiger partial charge on any atom is 0.260 e. The Bertz CT molecular complexity index is 171. The molecule has 0 aliphatic carbocycles. The van der Waals surface area contributed by atoms with Gasteiger partial charge in [0.25, 0.3) is 5.95 Å². The van der Waals surface area contributed by atoms with Crippen LogP contribution in [-0.2, 0) is 9.16 Å². The Morgan fingerprint density at radius 3 is 2.29 bits per heavy atom. The lowest BCUT2D eigenvalue weighted by atomic mass is 10.2. The summed E-state index contributed by atoms with van der Waals surface area (Å²) in [6.45, 7) is 8.68. The molecule has 3 heteroatoms. The van der Waals surface area contributed by atoms with E-state index in [1.165, 1.54) is 19.3 Å². The van der Waals surface area contributed by atoms with E-state index in [-0.39, 0.29) is 0 Å². The zero-order valence-electron chi connectivity index (χ0n) is 10.2. The zero-order valence-corrected chi connectivity index (χ0v) is 11.2. The second-order valence-electron chi connectivity index (χ2n) is 4.44. The maximum absolute atomic E-state index is 5.74. The minimum Gasteiger partial charge on any atom is -0.520 e. The van der Waals surface area contributed by atoms with E-state index in [9.17, 15) is 0 Å². The van der Waals surface area contributed by atoms with Gasteiger partial charge in [0.05, 0.1) is 7.11 Å². The van der Waals surface area contributed by atoms with E-state index in [1.54, 1.807) is 7.11 Å². The molecule has 0 bridgehead atoms. The summed E-state index contributed by atoms with van der Waals surface area (Å²) in [5, 5.41) is 0. The molecule has 0 aromatic heterocycles. The number of hydrogen-bond donors (Lipinski definition) is 0. The van der Waals surface area contributed by atoms with Gasteiger partial charge in [0.1, 0.15) is 0 Å². The van der Waals surface area contributed by atoms with Crippen LogP contribution in [0.25, 0.3) is 0 Å². The second kappa shape index (κ2) is 6.93. The monoisotopic (exact) mass is 216 g/mol. The Hall–Kier alpha value is -0.443. The van der Waals surface area contributed by atoms with Crippen LogP contribution in [0.15, 0.2) is 12.0 Å². The van der Waals surface area contributed by atoms with Gasteiger partial charge in [0, 0.05) is 0 Å². The number of methoxy groups -OCH3 is 1. The Morgan fingerprint density at radius 1 is 1.21 bits per heavy atom. The fourth-order valence-electron chi connectivity index (χ4n) is 1.08. The van der Waals surface area contributed by atoms with Gasteiger partial charge in [-0.05, 0) is 38.6 Å². The molecule has 0 aliphatic rings. The van der Waals surface area contributed by atoms with Gasteiger partial charge in [-0.15, -0.1) is 0 Å². The topological polar surface area (TPSA) is 18.5 Å². The largest absolute Gasteiger partial charge is 0.520 e. The van der Waals surface area contributed by atoms with E-state index in [0.717, 1.165) is 6.42 Å². The van der Waals surface area contributed by atoms with E-state index in [2.05, 4.69) is 32.6 Å². The van der Waals surface area contributed by atoms with Crippen molar-refractivity contribution in [1.29, 1.82) is 0 Å². The predicted molar refractivity (Wildman–Crippen MR) is 63.7 cm³/mol. The number of rotatable bonds is 7. The summed E-state index contributed by atoms with van der Waals surface area (Å²) in [5.74, 6) is 0.709.